The number of fused-ring (bicyclic) bond motifs is 1. The first-order chi connectivity index (χ1) is 9.40. The fourth-order valence-electron chi connectivity index (χ4n) is 3.25. The van der Waals surface area contributed by atoms with Crippen LogP contribution in [0.1, 0.15) is 19.8 Å². The van der Waals surface area contributed by atoms with Crippen molar-refractivity contribution < 1.29 is 14.0 Å². The fourth-order valence-corrected chi connectivity index (χ4v) is 4.26. The second-order valence-corrected chi connectivity index (χ2v) is 6.78. The lowest BCUT2D eigenvalue weighted by atomic mass is 10.00. The Morgan fingerprint density at radius 1 is 1.25 bits per heavy atom. The topological polar surface area (TPSA) is 37.4 Å². The van der Waals surface area contributed by atoms with Crippen LogP contribution in [0.4, 0.5) is 10.1 Å². The minimum atomic E-state index is -0.515. The van der Waals surface area contributed by atoms with Crippen LogP contribution in [0.3, 0.4) is 0 Å². The maximum atomic E-state index is 13.3. The van der Waals surface area contributed by atoms with Crippen molar-refractivity contribution in [3.8, 4) is 0 Å². The summed E-state index contributed by atoms with van der Waals surface area (Å²) in [6.07, 6.45) is 1.45. The molecule has 0 spiro atoms. The summed E-state index contributed by atoms with van der Waals surface area (Å²) in [5, 5.41) is 0.0617. The van der Waals surface area contributed by atoms with E-state index in [1.807, 2.05) is 6.92 Å². The van der Waals surface area contributed by atoms with E-state index in [9.17, 15) is 14.0 Å². The van der Waals surface area contributed by atoms with Gasteiger partial charge in [-0.05, 0) is 46.8 Å². The molecule has 1 heterocycles. The zero-order valence-corrected chi connectivity index (χ0v) is 13.0. The van der Waals surface area contributed by atoms with Gasteiger partial charge in [0.2, 0.25) is 11.8 Å². The van der Waals surface area contributed by atoms with E-state index in [-0.39, 0.29) is 34.4 Å². The van der Waals surface area contributed by atoms with Gasteiger partial charge in [-0.2, -0.15) is 0 Å². The Hall–Kier alpha value is -0.940. The summed E-state index contributed by atoms with van der Waals surface area (Å²) in [5.74, 6) is -1.10. The predicted octanol–water partition coefficient (Wildman–Crippen LogP) is 3.78. The van der Waals surface area contributed by atoms with Crippen LogP contribution < -0.4 is 4.90 Å². The number of carbonyl (C=O) groups excluding carboxylic acids is 2. The maximum absolute atomic E-state index is 13.3. The van der Waals surface area contributed by atoms with Crippen molar-refractivity contribution in [1.29, 1.82) is 0 Å². The van der Waals surface area contributed by atoms with Crippen molar-refractivity contribution in [1.82, 2.24) is 0 Å². The fraction of sp³-hybridized carbons (Fsp3) is 0.429. The van der Waals surface area contributed by atoms with E-state index in [2.05, 4.69) is 15.9 Å². The molecule has 106 valence electrons. The largest absolute Gasteiger partial charge is 0.274 e. The maximum Gasteiger partial charge on any atom is 0.237 e. The van der Waals surface area contributed by atoms with Gasteiger partial charge in [0, 0.05) is 4.47 Å². The van der Waals surface area contributed by atoms with Crippen molar-refractivity contribution >= 4 is 45.0 Å². The third-order valence-corrected chi connectivity index (χ3v) is 4.97. The van der Waals surface area contributed by atoms with E-state index in [0.717, 1.165) is 23.8 Å². The first-order valence-corrected chi connectivity index (χ1v) is 7.59. The highest BCUT2D eigenvalue weighted by Crippen LogP contribution is 2.47. The minimum absolute atomic E-state index is 0.0617. The number of anilines is 1. The zero-order valence-electron chi connectivity index (χ0n) is 10.7. The van der Waals surface area contributed by atoms with Gasteiger partial charge in [-0.15, -0.1) is 0 Å². The molecule has 1 aliphatic carbocycles. The van der Waals surface area contributed by atoms with Crippen LogP contribution in [0, 0.1) is 23.6 Å². The number of hydrogen-bond acceptors (Lipinski definition) is 2. The molecule has 2 amide bonds. The van der Waals surface area contributed by atoms with Crippen molar-refractivity contribution in [2.24, 2.45) is 17.8 Å². The Balaban J connectivity index is 2.05. The van der Waals surface area contributed by atoms with Crippen LogP contribution in [-0.4, -0.2) is 11.8 Å². The smallest absolute Gasteiger partial charge is 0.237 e. The molecule has 3 rings (SSSR count). The molecule has 1 aromatic rings. The van der Waals surface area contributed by atoms with E-state index in [1.165, 1.54) is 6.07 Å². The molecular weight excluding hydrogens is 349 g/mol. The van der Waals surface area contributed by atoms with E-state index in [0.29, 0.717) is 10.4 Å². The highest BCUT2D eigenvalue weighted by Gasteiger charge is 2.52. The Kier molecular flexibility index (Phi) is 3.37. The van der Waals surface area contributed by atoms with Crippen LogP contribution in [0.5, 0.6) is 0 Å². The quantitative estimate of drug-likeness (QED) is 0.715. The molecule has 6 heteroatoms. The molecule has 0 bridgehead atoms. The van der Waals surface area contributed by atoms with Gasteiger partial charge >= 0.3 is 0 Å². The van der Waals surface area contributed by atoms with Gasteiger partial charge in [-0.1, -0.05) is 18.5 Å². The molecule has 2 fully saturated rings. The van der Waals surface area contributed by atoms with Gasteiger partial charge in [0.25, 0.3) is 0 Å². The second-order valence-electron chi connectivity index (χ2n) is 5.52. The predicted molar refractivity (Wildman–Crippen MR) is 77.0 cm³/mol. The number of amides is 2. The average Bonchev–Trinajstić information content (AvgIpc) is 2.82. The summed E-state index contributed by atoms with van der Waals surface area (Å²) in [4.78, 5) is 26.0. The van der Waals surface area contributed by atoms with Gasteiger partial charge in [0.1, 0.15) is 5.82 Å². The monoisotopic (exact) mass is 359 g/mol. The Labute approximate surface area is 129 Å². The third kappa shape index (κ3) is 1.99. The summed E-state index contributed by atoms with van der Waals surface area (Å²) in [6, 6.07) is 2.32. The molecule has 0 radical (unpaired) electrons. The molecule has 2 aliphatic rings. The van der Waals surface area contributed by atoms with Crippen molar-refractivity contribution in [2.45, 2.75) is 19.8 Å². The lowest BCUT2D eigenvalue weighted by molar-refractivity contribution is -0.123. The van der Waals surface area contributed by atoms with E-state index in [4.69, 9.17) is 11.6 Å². The van der Waals surface area contributed by atoms with Gasteiger partial charge in [0.05, 0.1) is 22.5 Å². The third-order valence-electron chi connectivity index (χ3n) is 4.08. The van der Waals surface area contributed by atoms with Crippen LogP contribution in [0.25, 0.3) is 0 Å². The molecule has 2 atom stereocenters. The van der Waals surface area contributed by atoms with Gasteiger partial charge in [0.15, 0.2) is 0 Å². The van der Waals surface area contributed by atoms with Gasteiger partial charge < -0.3 is 0 Å². The molecule has 1 saturated carbocycles. The summed E-state index contributed by atoms with van der Waals surface area (Å²) in [7, 11) is 0. The van der Waals surface area contributed by atoms with Crippen molar-refractivity contribution in [2.75, 3.05) is 4.90 Å². The lowest BCUT2D eigenvalue weighted by Gasteiger charge is -2.19. The molecule has 0 N–H and O–H groups in total. The summed E-state index contributed by atoms with van der Waals surface area (Å²) in [6.45, 7) is 2.05. The molecule has 1 saturated heterocycles. The first kappa shape index (κ1) is 14.0. The number of imide groups is 1. The number of benzene rings is 1. The average molecular weight is 361 g/mol. The van der Waals surface area contributed by atoms with Gasteiger partial charge in [-0.3, -0.25) is 9.59 Å². The summed E-state index contributed by atoms with van der Waals surface area (Å²) >= 11 is 9.20. The van der Waals surface area contributed by atoms with E-state index < -0.39 is 5.82 Å². The standard InChI is InChI=1S/C14H12BrClFNO2/c1-6-2-8-9(3-6)14(20)18(13(8)19)12-10(15)4-7(17)5-11(12)16/h4-6,8-9H,2-3H2,1H3. The first-order valence-electron chi connectivity index (χ1n) is 6.42. The van der Waals surface area contributed by atoms with Crippen molar-refractivity contribution in [3.63, 3.8) is 0 Å². The van der Waals surface area contributed by atoms with Gasteiger partial charge in [-0.25, -0.2) is 9.29 Å². The zero-order chi connectivity index (χ0) is 14.6. The lowest BCUT2D eigenvalue weighted by Crippen LogP contribution is -2.32. The normalized spacial score (nSPS) is 29.2. The molecular formula is C14H12BrClFNO2. The Bertz CT molecular complexity index is 574. The number of nitrogens with zero attached hydrogens (tertiary/aromatic N) is 1. The SMILES string of the molecule is CC1CC2C(=O)N(c3c(Cl)cc(F)cc3Br)C(=O)C2C1. The Morgan fingerprint density at radius 3 is 2.30 bits per heavy atom. The second kappa shape index (κ2) is 4.81. The number of rotatable bonds is 1. The Morgan fingerprint density at radius 2 is 1.80 bits per heavy atom. The molecule has 0 aromatic heterocycles. The van der Waals surface area contributed by atoms with Crippen LogP contribution in [0.2, 0.25) is 5.02 Å². The summed E-state index contributed by atoms with van der Waals surface area (Å²) in [5.41, 5.74) is 0.255. The number of carbonyl (C=O) groups is 2. The molecule has 20 heavy (non-hydrogen) atoms. The van der Waals surface area contributed by atoms with E-state index >= 15 is 0 Å². The minimum Gasteiger partial charge on any atom is -0.274 e. The van der Waals surface area contributed by atoms with E-state index in [1.54, 1.807) is 0 Å². The van der Waals surface area contributed by atoms with Crippen molar-refractivity contribution in [3.05, 3.63) is 27.4 Å². The highest BCUT2D eigenvalue weighted by atomic mass is 79.9. The summed E-state index contributed by atoms with van der Waals surface area (Å²) < 4.78 is 13.6. The number of hydrogen-bond donors (Lipinski definition) is 0. The molecule has 1 aromatic carbocycles. The molecule has 1 aliphatic heterocycles. The number of halogens is 3. The highest BCUT2D eigenvalue weighted by molar-refractivity contribution is 9.10. The molecule has 2 unspecified atom stereocenters. The van der Waals surface area contributed by atoms with Crippen LogP contribution in [-0.2, 0) is 9.59 Å². The van der Waals surface area contributed by atoms with Crippen LogP contribution in [0.15, 0.2) is 16.6 Å². The van der Waals surface area contributed by atoms with Crippen LogP contribution >= 0.6 is 27.5 Å². The molecule has 3 nitrogen and oxygen atoms in total.